The predicted octanol–water partition coefficient (Wildman–Crippen LogP) is 2.73. The van der Waals surface area contributed by atoms with Gasteiger partial charge in [0.2, 0.25) is 11.8 Å². The number of piperidine rings is 1. The number of nitrogens with one attached hydrogen (secondary N) is 2. The minimum Gasteiger partial charge on any atom is -0.366 e. The molecule has 7 nitrogen and oxygen atoms in total. The molecule has 0 bridgehead atoms. The number of primary amides is 1. The van der Waals surface area contributed by atoms with E-state index in [4.69, 9.17) is 5.73 Å². The van der Waals surface area contributed by atoms with Crippen molar-refractivity contribution in [2.45, 2.75) is 12.8 Å². The number of thiophene rings is 1. The Morgan fingerprint density at radius 3 is 2.31 bits per heavy atom. The second-order valence-corrected chi connectivity index (χ2v) is 7.05. The molecule has 1 saturated heterocycles. The number of hydrogen-bond acceptors (Lipinski definition) is 4. The third kappa shape index (κ3) is 4.40. The lowest BCUT2D eigenvalue weighted by Crippen LogP contribution is -2.43. The van der Waals surface area contributed by atoms with E-state index in [0.29, 0.717) is 37.2 Å². The predicted molar refractivity (Wildman–Crippen MR) is 101 cm³/mol. The van der Waals surface area contributed by atoms with E-state index in [9.17, 15) is 14.4 Å². The molecule has 0 saturated carbocycles. The lowest BCUT2D eigenvalue weighted by Gasteiger charge is -2.31. The van der Waals surface area contributed by atoms with E-state index in [1.54, 1.807) is 29.2 Å². The summed E-state index contributed by atoms with van der Waals surface area (Å²) in [6, 6.07) is 10.1. The highest BCUT2D eigenvalue weighted by atomic mass is 32.1. The fraction of sp³-hybridized carbons (Fsp3) is 0.278. The Hall–Kier alpha value is -2.87. The maximum absolute atomic E-state index is 12.4. The molecule has 0 aliphatic carbocycles. The van der Waals surface area contributed by atoms with Gasteiger partial charge in [-0.25, -0.2) is 4.79 Å². The standard InChI is InChI=1S/C18H20N4O3S/c19-16(23)12-3-5-14(6-4-12)20-17(24)13-7-9-22(10-8-13)18(25)21-15-2-1-11-26-15/h1-6,11,13H,7-10H2,(H2,19,23)(H,20,24)(H,21,25). The van der Waals surface area contributed by atoms with Gasteiger partial charge in [0.05, 0.1) is 5.00 Å². The molecule has 4 N–H and O–H groups in total. The summed E-state index contributed by atoms with van der Waals surface area (Å²) in [5.74, 6) is -0.720. The highest BCUT2D eigenvalue weighted by molar-refractivity contribution is 7.14. The SMILES string of the molecule is NC(=O)c1ccc(NC(=O)C2CCN(C(=O)Nc3cccs3)CC2)cc1. The van der Waals surface area contributed by atoms with E-state index >= 15 is 0 Å². The Balaban J connectivity index is 1.48. The summed E-state index contributed by atoms with van der Waals surface area (Å²) < 4.78 is 0. The molecule has 0 atom stereocenters. The molecule has 1 aliphatic rings. The smallest absolute Gasteiger partial charge is 0.322 e. The van der Waals surface area contributed by atoms with Crippen LogP contribution in [0.25, 0.3) is 0 Å². The van der Waals surface area contributed by atoms with Gasteiger partial charge in [0.25, 0.3) is 0 Å². The van der Waals surface area contributed by atoms with E-state index in [2.05, 4.69) is 10.6 Å². The Morgan fingerprint density at radius 2 is 1.73 bits per heavy atom. The number of hydrogen-bond donors (Lipinski definition) is 3. The first kappa shape index (κ1) is 17.9. The van der Waals surface area contributed by atoms with Crippen molar-refractivity contribution in [2.24, 2.45) is 11.7 Å². The summed E-state index contributed by atoms with van der Waals surface area (Å²) >= 11 is 1.47. The first-order valence-electron chi connectivity index (χ1n) is 8.33. The van der Waals surface area contributed by atoms with Crippen LogP contribution in [0.1, 0.15) is 23.2 Å². The Kier molecular flexibility index (Phi) is 5.52. The van der Waals surface area contributed by atoms with Gasteiger partial charge < -0.3 is 16.0 Å². The maximum atomic E-state index is 12.4. The van der Waals surface area contributed by atoms with Gasteiger partial charge in [-0.2, -0.15) is 0 Å². The molecule has 3 rings (SSSR count). The van der Waals surface area contributed by atoms with E-state index in [0.717, 1.165) is 5.00 Å². The fourth-order valence-electron chi connectivity index (χ4n) is 2.84. The first-order chi connectivity index (χ1) is 12.5. The zero-order chi connectivity index (χ0) is 18.5. The number of nitrogens with two attached hydrogens (primary N) is 1. The molecular weight excluding hydrogens is 352 g/mol. The van der Waals surface area contributed by atoms with Crippen LogP contribution in [0.15, 0.2) is 41.8 Å². The van der Waals surface area contributed by atoms with Crippen molar-refractivity contribution in [3.05, 3.63) is 47.3 Å². The molecular formula is C18H20N4O3S. The molecule has 1 aromatic carbocycles. The summed E-state index contributed by atoms with van der Waals surface area (Å²) in [7, 11) is 0. The second-order valence-electron chi connectivity index (χ2n) is 6.10. The van der Waals surface area contributed by atoms with Crippen LogP contribution in [0.4, 0.5) is 15.5 Å². The third-order valence-corrected chi connectivity index (χ3v) is 5.13. The number of benzene rings is 1. The number of amides is 4. The first-order valence-corrected chi connectivity index (χ1v) is 9.21. The molecule has 8 heteroatoms. The van der Waals surface area contributed by atoms with Crippen LogP contribution < -0.4 is 16.4 Å². The minimum absolute atomic E-state index is 0.0739. The average Bonchev–Trinajstić information content (AvgIpc) is 3.15. The number of nitrogens with zero attached hydrogens (tertiary/aromatic N) is 1. The molecule has 0 spiro atoms. The van der Waals surface area contributed by atoms with Crippen molar-refractivity contribution in [1.29, 1.82) is 0 Å². The number of urea groups is 1. The quantitative estimate of drug-likeness (QED) is 0.768. The van der Waals surface area contributed by atoms with Gasteiger partial charge >= 0.3 is 6.03 Å². The summed E-state index contributed by atoms with van der Waals surface area (Å²) in [6.07, 6.45) is 1.23. The maximum Gasteiger partial charge on any atom is 0.322 e. The normalized spacial score (nSPS) is 14.7. The molecule has 0 radical (unpaired) electrons. The lowest BCUT2D eigenvalue weighted by atomic mass is 9.96. The molecule has 136 valence electrons. The van der Waals surface area contributed by atoms with Crippen molar-refractivity contribution in [3.8, 4) is 0 Å². The van der Waals surface area contributed by atoms with Crippen molar-refractivity contribution in [1.82, 2.24) is 4.90 Å². The highest BCUT2D eigenvalue weighted by Crippen LogP contribution is 2.22. The van der Waals surface area contributed by atoms with Crippen molar-refractivity contribution < 1.29 is 14.4 Å². The molecule has 1 fully saturated rings. The van der Waals surface area contributed by atoms with Crippen LogP contribution >= 0.6 is 11.3 Å². The summed E-state index contributed by atoms with van der Waals surface area (Å²) in [6.45, 7) is 1.08. The number of anilines is 2. The van der Waals surface area contributed by atoms with Crippen molar-refractivity contribution >= 4 is 39.9 Å². The molecule has 1 aliphatic heterocycles. The summed E-state index contributed by atoms with van der Waals surface area (Å²) in [4.78, 5) is 37.4. The van der Waals surface area contributed by atoms with Gasteiger partial charge in [-0.3, -0.25) is 14.9 Å². The van der Waals surface area contributed by atoms with Crippen LogP contribution in [-0.4, -0.2) is 35.8 Å². The number of likely N-dealkylation sites (tertiary alicyclic amines) is 1. The van der Waals surface area contributed by atoms with Crippen LogP contribution in [0.5, 0.6) is 0 Å². The van der Waals surface area contributed by atoms with Crippen molar-refractivity contribution in [3.63, 3.8) is 0 Å². The second kappa shape index (κ2) is 8.01. The molecule has 2 heterocycles. The van der Waals surface area contributed by atoms with Gasteiger partial charge in [0.1, 0.15) is 0 Å². The number of rotatable bonds is 4. The van der Waals surface area contributed by atoms with Gasteiger partial charge in [-0.15, -0.1) is 11.3 Å². The molecule has 2 aromatic rings. The van der Waals surface area contributed by atoms with Gasteiger partial charge in [-0.05, 0) is 54.6 Å². The van der Waals surface area contributed by atoms with Crippen LogP contribution in [0.3, 0.4) is 0 Å². The Labute approximate surface area is 155 Å². The third-order valence-electron chi connectivity index (χ3n) is 4.34. The Bertz CT molecular complexity index is 781. The molecule has 1 aromatic heterocycles. The van der Waals surface area contributed by atoms with Crippen LogP contribution in [0.2, 0.25) is 0 Å². The van der Waals surface area contributed by atoms with E-state index in [1.807, 2.05) is 17.5 Å². The highest BCUT2D eigenvalue weighted by Gasteiger charge is 2.27. The lowest BCUT2D eigenvalue weighted by molar-refractivity contribution is -0.121. The minimum atomic E-state index is -0.504. The molecule has 4 amide bonds. The van der Waals surface area contributed by atoms with Crippen LogP contribution in [0, 0.1) is 5.92 Å². The summed E-state index contributed by atoms with van der Waals surface area (Å²) in [5.41, 5.74) is 6.22. The largest absolute Gasteiger partial charge is 0.366 e. The van der Waals surface area contributed by atoms with E-state index < -0.39 is 5.91 Å². The monoisotopic (exact) mass is 372 g/mol. The zero-order valence-electron chi connectivity index (χ0n) is 14.1. The van der Waals surface area contributed by atoms with Gasteiger partial charge in [0.15, 0.2) is 0 Å². The van der Waals surface area contributed by atoms with Gasteiger partial charge in [0, 0.05) is 30.3 Å². The van der Waals surface area contributed by atoms with Crippen LogP contribution in [-0.2, 0) is 4.79 Å². The molecule has 0 unspecified atom stereocenters. The Morgan fingerprint density at radius 1 is 1.04 bits per heavy atom. The number of carbonyl (C=O) groups excluding carboxylic acids is 3. The zero-order valence-corrected chi connectivity index (χ0v) is 14.9. The van der Waals surface area contributed by atoms with Gasteiger partial charge in [-0.1, -0.05) is 0 Å². The average molecular weight is 372 g/mol. The fourth-order valence-corrected chi connectivity index (χ4v) is 3.45. The molecule has 26 heavy (non-hydrogen) atoms. The number of carbonyl (C=O) groups is 3. The van der Waals surface area contributed by atoms with E-state index in [-0.39, 0.29) is 17.9 Å². The van der Waals surface area contributed by atoms with Crippen molar-refractivity contribution in [2.75, 3.05) is 23.7 Å². The van der Waals surface area contributed by atoms with E-state index in [1.165, 1.54) is 11.3 Å². The topological polar surface area (TPSA) is 105 Å². The summed E-state index contributed by atoms with van der Waals surface area (Å²) in [5, 5.41) is 8.43.